The van der Waals surface area contributed by atoms with Crippen LogP contribution in [0.1, 0.15) is 18.4 Å². The summed E-state index contributed by atoms with van der Waals surface area (Å²) in [6.07, 6.45) is 2.18. The minimum absolute atomic E-state index is 0.162. The number of benzene rings is 1. The van der Waals surface area contributed by atoms with Crippen LogP contribution in [0.5, 0.6) is 5.75 Å². The fourth-order valence-electron chi connectivity index (χ4n) is 2.51. The smallest absolute Gasteiger partial charge is 0.309 e. The fraction of sp³-hybridized carbons (Fsp3) is 0.533. The van der Waals surface area contributed by atoms with Gasteiger partial charge in [-0.3, -0.25) is 4.79 Å². The molecule has 6 nitrogen and oxygen atoms in total. The molecule has 0 aliphatic carbocycles. The molecule has 1 aromatic carbocycles. The molecule has 0 aromatic heterocycles. The third-order valence-electron chi connectivity index (χ3n) is 3.82. The molecule has 7 heteroatoms. The monoisotopic (exact) mass is 327 g/mol. The second-order valence-corrected chi connectivity index (χ2v) is 7.34. The fourth-order valence-corrected chi connectivity index (χ4v) is 3.39. The lowest BCUT2D eigenvalue weighted by molar-refractivity contribution is -0.151. The van der Waals surface area contributed by atoms with Crippen LogP contribution in [-0.4, -0.2) is 45.1 Å². The summed E-state index contributed by atoms with van der Waals surface area (Å²) >= 11 is 0. The maximum absolute atomic E-state index is 12.1. The Hall–Kier alpha value is -1.60. The number of carbonyl (C=O) groups excluding carboxylic acids is 1. The van der Waals surface area contributed by atoms with Crippen molar-refractivity contribution >= 4 is 16.0 Å². The molecule has 0 radical (unpaired) electrons. The lowest BCUT2D eigenvalue weighted by atomic mass is 9.98. The lowest BCUT2D eigenvalue weighted by Gasteiger charge is -2.28. The molecule has 0 bridgehead atoms. The average Bonchev–Trinajstić information content (AvgIpc) is 2.52. The topological polar surface area (TPSA) is 72.9 Å². The molecule has 1 aliphatic heterocycles. The second-order valence-electron chi connectivity index (χ2n) is 5.36. The van der Waals surface area contributed by atoms with Crippen LogP contribution in [0.4, 0.5) is 0 Å². The first kappa shape index (κ1) is 16.8. The molecule has 0 saturated carbocycles. The van der Waals surface area contributed by atoms with E-state index in [4.69, 9.17) is 9.47 Å². The predicted octanol–water partition coefficient (Wildman–Crippen LogP) is 1.41. The van der Waals surface area contributed by atoms with Crippen molar-refractivity contribution in [1.29, 1.82) is 0 Å². The normalized spacial score (nSPS) is 17.2. The summed E-state index contributed by atoms with van der Waals surface area (Å²) in [4.78, 5) is 12.1. The first-order valence-corrected chi connectivity index (χ1v) is 9.00. The molecule has 1 fully saturated rings. The van der Waals surface area contributed by atoms with Gasteiger partial charge in [0.2, 0.25) is 10.0 Å². The summed E-state index contributed by atoms with van der Waals surface area (Å²) in [7, 11) is -1.60. The molecule has 122 valence electrons. The van der Waals surface area contributed by atoms with Crippen LogP contribution in [0.2, 0.25) is 0 Å². The summed E-state index contributed by atoms with van der Waals surface area (Å²) in [5.41, 5.74) is 0.812. The van der Waals surface area contributed by atoms with Gasteiger partial charge in [0.25, 0.3) is 0 Å². The number of sulfonamides is 1. The average molecular weight is 327 g/mol. The number of hydrogen-bond acceptors (Lipinski definition) is 5. The first-order valence-electron chi connectivity index (χ1n) is 7.15. The van der Waals surface area contributed by atoms with E-state index in [1.807, 2.05) is 24.3 Å². The number of rotatable bonds is 5. The van der Waals surface area contributed by atoms with Crippen molar-refractivity contribution in [2.24, 2.45) is 5.92 Å². The van der Waals surface area contributed by atoms with Gasteiger partial charge in [-0.05, 0) is 18.9 Å². The summed E-state index contributed by atoms with van der Waals surface area (Å²) in [6.45, 7) is 0.898. The largest absolute Gasteiger partial charge is 0.496 e. The van der Waals surface area contributed by atoms with Crippen molar-refractivity contribution in [3.8, 4) is 5.75 Å². The first-order chi connectivity index (χ1) is 10.4. The van der Waals surface area contributed by atoms with Crippen molar-refractivity contribution in [3.05, 3.63) is 29.8 Å². The Morgan fingerprint density at radius 3 is 2.50 bits per heavy atom. The number of nitrogens with zero attached hydrogens (tertiary/aromatic N) is 1. The number of carbonyl (C=O) groups is 1. The lowest BCUT2D eigenvalue weighted by Crippen LogP contribution is -2.40. The van der Waals surface area contributed by atoms with Gasteiger partial charge >= 0.3 is 5.97 Å². The maximum Gasteiger partial charge on any atom is 0.309 e. The number of ether oxygens (including phenoxy) is 2. The molecule has 0 spiro atoms. The molecule has 0 amide bonds. The van der Waals surface area contributed by atoms with E-state index >= 15 is 0 Å². The zero-order chi connectivity index (χ0) is 16.2. The Morgan fingerprint density at radius 2 is 1.91 bits per heavy atom. The van der Waals surface area contributed by atoms with Gasteiger partial charge in [-0.25, -0.2) is 12.7 Å². The number of piperidine rings is 1. The van der Waals surface area contributed by atoms with Gasteiger partial charge < -0.3 is 9.47 Å². The van der Waals surface area contributed by atoms with E-state index in [2.05, 4.69) is 0 Å². The maximum atomic E-state index is 12.1. The van der Waals surface area contributed by atoms with E-state index in [0.29, 0.717) is 31.7 Å². The van der Waals surface area contributed by atoms with Crippen LogP contribution in [0, 0.1) is 5.92 Å². The van der Waals surface area contributed by atoms with E-state index in [-0.39, 0.29) is 18.5 Å². The van der Waals surface area contributed by atoms with Crippen LogP contribution in [0.25, 0.3) is 0 Å². The van der Waals surface area contributed by atoms with Crippen molar-refractivity contribution in [3.63, 3.8) is 0 Å². The zero-order valence-electron chi connectivity index (χ0n) is 12.8. The highest BCUT2D eigenvalue weighted by Crippen LogP contribution is 2.22. The van der Waals surface area contributed by atoms with Crippen molar-refractivity contribution in [1.82, 2.24) is 4.31 Å². The summed E-state index contributed by atoms with van der Waals surface area (Å²) in [5.74, 6) is 0.161. The Bertz CT molecular complexity index is 621. The van der Waals surface area contributed by atoms with Crippen LogP contribution < -0.4 is 4.74 Å². The van der Waals surface area contributed by atoms with E-state index in [1.165, 1.54) is 10.6 Å². The van der Waals surface area contributed by atoms with Gasteiger partial charge in [0.15, 0.2) is 0 Å². The van der Waals surface area contributed by atoms with Gasteiger partial charge in [-0.1, -0.05) is 18.2 Å². The summed E-state index contributed by atoms with van der Waals surface area (Å²) in [5, 5.41) is 0. The van der Waals surface area contributed by atoms with Gasteiger partial charge in [-0.2, -0.15) is 0 Å². The Kier molecular flexibility index (Phi) is 5.42. The number of methoxy groups -OCH3 is 1. The Morgan fingerprint density at radius 1 is 1.27 bits per heavy atom. The van der Waals surface area contributed by atoms with Gasteiger partial charge in [-0.15, -0.1) is 0 Å². The number of esters is 1. The molecule has 1 heterocycles. The molecule has 1 saturated heterocycles. The van der Waals surface area contributed by atoms with Crippen LogP contribution in [-0.2, 0) is 26.2 Å². The Balaban J connectivity index is 1.86. The highest BCUT2D eigenvalue weighted by molar-refractivity contribution is 7.88. The summed E-state index contributed by atoms with van der Waals surface area (Å²) < 4.78 is 34.8. The predicted molar refractivity (Wildman–Crippen MR) is 81.9 cm³/mol. The van der Waals surface area contributed by atoms with Gasteiger partial charge in [0.05, 0.1) is 19.3 Å². The van der Waals surface area contributed by atoms with Gasteiger partial charge in [0.1, 0.15) is 12.4 Å². The zero-order valence-corrected chi connectivity index (χ0v) is 13.6. The number of para-hydroxylation sites is 1. The standard InChI is InChI=1S/C15H21NO5S/c1-20-14-6-4-3-5-13(14)11-21-15(17)12-7-9-16(10-8-12)22(2,18)19/h3-6,12H,7-11H2,1-2H3. The minimum atomic E-state index is -3.17. The molecule has 22 heavy (non-hydrogen) atoms. The van der Waals surface area contributed by atoms with Crippen molar-refractivity contribution < 1.29 is 22.7 Å². The highest BCUT2D eigenvalue weighted by Gasteiger charge is 2.29. The Labute approximate surface area is 131 Å². The van der Waals surface area contributed by atoms with Crippen LogP contribution in [0.3, 0.4) is 0 Å². The molecular formula is C15H21NO5S. The molecule has 1 aromatic rings. The van der Waals surface area contributed by atoms with E-state index in [1.54, 1.807) is 7.11 Å². The van der Waals surface area contributed by atoms with Crippen molar-refractivity contribution in [2.45, 2.75) is 19.4 Å². The quantitative estimate of drug-likeness (QED) is 0.765. The molecule has 1 aliphatic rings. The molecular weight excluding hydrogens is 306 g/mol. The molecule has 2 rings (SSSR count). The van der Waals surface area contributed by atoms with Gasteiger partial charge in [0, 0.05) is 18.7 Å². The van der Waals surface area contributed by atoms with E-state index < -0.39 is 10.0 Å². The van der Waals surface area contributed by atoms with Crippen LogP contribution >= 0.6 is 0 Å². The van der Waals surface area contributed by atoms with Crippen LogP contribution in [0.15, 0.2) is 24.3 Å². The third kappa shape index (κ3) is 4.20. The van der Waals surface area contributed by atoms with E-state index in [0.717, 1.165) is 5.56 Å². The number of hydrogen-bond donors (Lipinski definition) is 0. The third-order valence-corrected chi connectivity index (χ3v) is 5.12. The molecule has 0 unspecified atom stereocenters. The van der Waals surface area contributed by atoms with E-state index in [9.17, 15) is 13.2 Å². The molecule has 0 atom stereocenters. The minimum Gasteiger partial charge on any atom is -0.496 e. The highest BCUT2D eigenvalue weighted by atomic mass is 32.2. The van der Waals surface area contributed by atoms with Crippen molar-refractivity contribution in [2.75, 3.05) is 26.5 Å². The summed E-state index contributed by atoms with van der Waals surface area (Å²) in [6, 6.07) is 7.37. The second kappa shape index (κ2) is 7.11. The molecule has 0 N–H and O–H groups in total. The SMILES string of the molecule is COc1ccccc1COC(=O)C1CCN(S(C)(=O)=O)CC1.